The maximum Gasteiger partial charge on any atom is 0.193 e. The van der Waals surface area contributed by atoms with Crippen molar-refractivity contribution in [3.8, 4) is 0 Å². The third-order valence-corrected chi connectivity index (χ3v) is 9.65. The standard InChI is InChI=1S/C16H24BrNO2Si/c1-15(2,3)21(4,5)20-16(7-8-16)14-10-12(6-9-18-14)13(19)11-17/h6,9-10H,7-8,11H2,1-5H3. The Hall–Kier alpha value is -0.523. The second-order valence-corrected chi connectivity index (χ2v) is 12.6. The molecule has 0 spiro atoms. The number of rotatable bonds is 5. The van der Waals surface area contributed by atoms with Gasteiger partial charge in [0.2, 0.25) is 0 Å². The van der Waals surface area contributed by atoms with Crippen LogP contribution in [0.15, 0.2) is 18.3 Å². The average Bonchev–Trinajstić information content (AvgIpc) is 3.17. The Balaban J connectivity index is 2.27. The molecular weight excluding hydrogens is 346 g/mol. The van der Waals surface area contributed by atoms with Crippen LogP contribution in [0.25, 0.3) is 0 Å². The zero-order valence-corrected chi connectivity index (χ0v) is 16.1. The first-order valence-corrected chi connectivity index (χ1v) is 11.4. The molecule has 116 valence electrons. The molecule has 0 aromatic carbocycles. The molecule has 1 heterocycles. The van der Waals surface area contributed by atoms with E-state index in [1.165, 1.54) is 0 Å². The number of hydrogen-bond acceptors (Lipinski definition) is 3. The van der Waals surface area contributed by atoms with Crippen LogP contribution >= 0.6 is 15.9 Å². The van der Waals surface area contributed by atoms with E-state index in [2.05, 4.69) is 54.8 Å². The monoisotopic (exact) mass is 369 g/mol. The highest BCUT2D eigenvalue weighted by Crippen LogP contribution is 2.53. The van der Waals surface area contributed by atoms with Gasteiger partial charge in [-0.1, -0.05) is 36.7 Å². The van der Waals surface area contributed by atoms with Crippen molar-refractivity contribution in [1.82, 2.24) is 4.98 Å². The highest BCUT2D eigenvalue weighted by atomic mass is 79.9. The molecule has 1 aromatic heterocycles. The fourth-order valence-corrected chi connectivity index (χ4v) is 4.01. The number of carbonyl (C=O) groups is 1. The van der Waals surface area contributed by atoms with E-state index in [9.17, 15) is 4.79 Å². The number of pyridine rings is 1. The zero-order chi connectivity index (χ0) is 15.9. The molecule has 1 saturated carbocycles. The van der Waals surface area contributed by atoms with Gasteiger partial charge in [-0.3, -0.25) is 9.78 Å². The number of Topliss-reactive ketones (excluding diaryl/α,β-unsaturated/α-hetero) is 1. The van der Waals surface area contributed by atoms with E-state index in [-0.39, 0.29) is 16.4 Å². The lowest BCUT2D eigenvalue weighted by Gasteiger charge is -2.39. The van der Waals surface area contributed by atoms with Crippen molar-refractivity contribution in [2.24, 2.45) is 0 Å². The zero-order valence-electron chi connectivity index (χ0n) is 13.5. The van der Waals surface area contributed by atoms with E-state index in [4.69, 9.17) is 4.43 Å². The van der Waals surface area contributed by atoms with Crippen molar-refractivity contribution in [2.45, 2.75) is 57.3 Å². The first-order valence-electron chi connectivity index (χ1n) is 7.37. The summed E-state index contributed by atoms with van der Waals surface area (Å²) in [6, 6.07) is 3.68. The molecular formula is C16H24BrNO2Si. The Labute approximate surface area is 136 Å². The van der Waals surface area contributed by atoms with Crippen LogP contribution < -0.4 is 0 Å². The van der Waals surface area contributed by atoms with Gasteiger partial charge in [0.05, 0.1) is 16.6 Å². The van der Waals surface area contributed by atoms with Crippen molar-refractivity contribution in [2.75, 3.05) is 5.33 Å². The summed E-state index contributed by atoms with van der Waals surface area (Å²) in [6.45, 7) is 11.3. The Kier molecular flexibility index (Phi) is 4.49. The molecule has 0 unspecified atom stereocenters. The summed E-state index contributed by atoms with van der Waals surface area (Å²) in [5.41, 5.74) is 1.37. The van der Waals surface area contributed by atoms with Gasteiger partial charge in [0, 0.05) is 11.8 Å². The number of aromatic nitrogens is 1. The smallest absolute Gasteiger partial charge is 0.193 e. The normalized spacial score (nSPS) is 17.6. The maximum absolute atomic E-state index is 11.9. The molecule has 0 N–H and O–H groups in total. The number of nitrogens with zero attached hydrogens (tertiary/aromatic N) is 1. The molecule has 0 amide bonds. The molecule has 1 aliphatic carbocycles. The number of carbonyl (C=O) groups excluding carboxylic acids is 1. The van der Waals surface area contributed by atoms with E-state index in [0.29, 0.717) is 10.9 Å². The van der Waals surface area contributed by atoms with Crippen LogP contribution in [0.1, 0.15) is 49.7 Å². The van der Waals surface area contributed by atoms with Crippen LogP contribution in [-0.4, -0.2) is 24.4 Å². The number of halogens is 1. The van der Waals surface area contributed by atoms with Gasteiger partial charge in [-0.15, -0.1) is 0 Å². The largest absolute Gasteiger partial charge is 0.406 e. The second kappa shape index (κ2) is 5.59. The van der Waals surface area contributed by atoms with Crippen molar-refractivity contribution < 1.29 is 9.22 Å². The molecule has 1 aliphatic rings. The van der Waals surface area contributed by atoms with E-state index < -0.39 is 8.32 Å². The van der Waals surface area contributed by atoms with Gasteiger partial charge in [-0.05, 0) is 43.1 Å². The molecule has 1 fully saturated rings. The van der Waals surface area contributed by atoms with Crippen molar-refractivity contribution in [1.29, 1.82) is 0 Å². The van der Waals surface area contributed by atoms with Crippen molar-refractivity contribution in [3.05, 3.63) is 29.6 Å². The Morgan fingerprint density at radius 3 is 2.52 bits per heavy atom. The summed E-state index contributed by atoms with van der Waals surface area (Å²) in [7, 11) is -1.85. The molecule has 1 aromatic rings. The Morgan fingerprint density at radius 2 is 2.05 bits per heavy atom. The average molecular weight is 370 g/mol. The maximum atomic E-state index is 11.9. The molecule has 0 atom stereocenters. The number of ketones is 1. The van der Waals surface area contributed by atoms with Gasteiger partial charge < -0.3 is 4.43 Å². The van der Waals surface area contributed by atoms with Crippen molar-refractivity contribution in [3.63, 3.8) is 0 Å². The van der Waals surface area contributed by atoms with Crippen LogP contribution in [0.4, 0.5) is 0 Å². The third-order valence-electron chi connectivity index (χ3n) is 4.63. The molecule has 0 saturated heterocycles. The first-order chi connectivity index (χ1) is 9.61. The summed E-state index contributed by atoms with van der Waals surface area (Å²) in [6.07, 6.45) is 3.72. The van der Waals surface area contributed by atoms with Crippen LogP contribution in [0, 0.1) is 0 Å². The molecule has 0 bridgehead atoms. The number of hydrogen-bond donors (Lipinski definition) is 0. The summed E-state index contributed by atoms with van der Waals surface area (Å²) in [4.78, 5) is 16.3. The lowest BCUT2D eigenvalue weighted by atomic mass is 10.1. The quantitative estimate of drug-likeness (QED) is 0.430. The lowest BCUT2D eigenvalue weighted by molar-refractivity contribution is 0.102. The molecule has 2 rings (SSSR count). The molecule has 21 heavy (non-hydrogen) atoms. The summed E-state index contributed by atoms with van der Waals surface area (Å²) in [5, 5.41) is 0.512. The van der Waals surface area contributed by atoms with Gasteiger partial charge in [-0.25, -0.2) is 0 Å². The van der Waals surface area contributed by atoms with Gasteiger partial charge in [0.25, 0.3) is 0 Å². The van der Waals surface area contributed by atoms with E-state index in [1.54, 1.807) is 12.3 Å². The minimum atomic E-state index is -1.85. The summed E-state index contributed by atoms with van der Waals surface area (Å²) < 4.78 is 6.61. The second-order valence-electron chi connectivity index (χ2n) is 7.34. The molecule has 5 heteroatoms. The first kappa shape index (κ1) is 16.8. The minimum absolute atomic E-state index is 0.0850. The van der Waals surface area contributed by atoms with Crippen LogP contribution in [0.5, 0.6) is 0 Å². The molecule has 0 radical (unpaired) electrons. The Morgan fingerprint density at radius 1 is 1.43 bits per heavy atom. The van der Waals surface area contributed by atoms with Crippen LogP contribution in [0.2, 0.25) is 18.1 Å². The summed E-state index contributed by atoms with van der Waals surface area (Å²) in [5.74, 6) is 0.0850. The SMILES string of the molecule is CC(C)(C)[Si](C)(C)OC1(c2cc(C(=O)CBr)ccn2)CC1. The topological polar surface area (TPSA) is 39.2 Å². The lowest BCUT2D eigenvalue weighted by Crippen LogP contribution is -2.44. The van der Waals surface area contributed by atoms with Gasteiger partial charge in [0.1, 0.15) is 0 Å². The summed E-state index contributed by atoms with van der Waals surface area (Å²) >= 11 is 3.22. The molecule has 3 nitrogen and oxygen atoms in total. The fourth-order valence-electron chi connectivity index (χ4n) is 2.10. The van der Waals surface area contributed by atoms with Gasteiger partial charge >= 0.3 is 0 Å². The van der Waals surface area contributed by atoms with Crippen LogP contribution in [0.3, 0.4) is 0 Å². The highest BCUT2D eigenvalue weighted by Gasteiger charge is 2.53. The minimum Gasteiger partial charge on any atom is -0.406 e. The Bertz CT molecular complexity index is 547. The van der Waals surface area contributed by atoms with Crippen LogP contribution in [-0.2, 0) is 10.0 Å². The molecule has 0 aliphatic heterocycles. The highest BCUT2D eigenvalue weighted by molar-refractivity contribution is 9.09. The van der Waals surface area contributed by atoms with E-state index in [0.717, 1.165) is 18.5 Å². The van der Waals surface area contributed by atoms with E-state index >= 15 is 0 Å². The number of alkyl halides is 1. The predicted octanol–water partition coefficient (Wildman–Crippen LogP) is 4.67. The van der Waals surface area contributed by atoms with Gasteiger partial charge in [0.15, 0.2) is 14.1 Å². The van der Waals surface area contributed by atoms with E-state index in [1.807, 2.05) is 6.07 Å². The fraction of sp³-hybridized carbons (Fsp3) is 0.625. The third kappa shape index (κ3) is 3.46. The van der Waals surface area contributed by atoms with Crippen molar-refractivity contribution >= 4 is 30.0 Å². The van der Waals surface area contributed by atoms with Gasteiger partial charge in [-0.2, -0.15) is 0 Å². The predicted molar refractivity (Wildman–Crippen MR) is 91.6 cm³/mol.